The topological polar surface area (TPSA) is 69.8 Å². The minimum atomic E-state index is -1.19. The van der Waals surface area contributed by atoms with Crippen LogP contribution in [0, 0.1) is 5.82 Å². The molecule has 1 heterocycles. The van der Waals surface area contributed by atoms with E-state index in [0.29, 0.717) is 18.7 Å². The maximum absolute atomic E-state index is 13.7. The summed E-state index contributed by atoms with van der Waals surface area (Å²) in [7, 11) is 0. The Bertz CT molecular complexity index is 499. The lowest BCUT2D eigenvalue weighted by Crippen LogP contribution is -2.51. The van der Waals surface area contributed by atoms with Crippen LogP contribution in [0.5, 0.6) is 0 Å². The number of aliphatic carboxylic acids is 1. The highest BCUT2D eigenvalue weighted by molar-refractivity contribution is 5.77. The van der Waals surface area contributed by atoms with Gasteiger partial charge in [0.1, 0.15) is 11.4 Å². The molecule has 3 N–H and O–H groups in total. The van der Waals surface area contributed by atoms with E-state index in [1.54, 1.807) is 12.1 Å². The van der Waals surface area contributed by atoms with Crippen molar-refractivity contribution in [2.75, 3.05) is 37.6 Å². The predicted octanol–water partition coefficient (Wildman–Crippen LogP) is 1.14. The van der Waals surface area contributed by atoms with Gasteiger partial charge in [-0.25, -0.2) is 4.39 Å². The number of nitrogens with two attached hydrogens (primary N) is 1. The Morgan fingerprint density at radius 1 is 1.33 bits per heavy atom. The molecule has 1 aromatic carbocycles. The van der Waals surface area contributed by atoms with Crippen LogP contribution in [0.4, 0.5) is 10.1 Å². The molecule has 0 saturated carbocycles. The SMILES string of the molecule is CC(N)(CCN1CCN(c2ccccc2F)CC1)C(=O)O. The highest BCUT2D eigenvalue weighted by atomic mass is 19.1. The molecule has 116 valence electrons. The van der Waals surface area contributed by atoms with Crippen molar-refractivity contribution in [2.24, 2.45) is 5.73 Å². The van der Waals surface area contributed by atoms with Crippen LogP contribution >= 0.6 is 0 Å². The summed E-state index contributed by atoms with van der Waals surface area (Å²) in [4.78, 5) is 15.2. The molecule has 1 aliphatic rings. The number of carboxylic acids is 1. The van der Waals surface area contributed by atoms with E-state index in [-0.39, 0.29) is 5.82 Å². The Hall–Kier alpha value is -1.66. The van der Waals surface area contributed by atoms with Gasteiger partial charge in [-0.15, -0.1) is 0 Å². The molecule has 1 unspecified atom stereocenters. The van der Waals surface area contributed by atoms with Gasteiger partial charge in [-0.3, -0.25) is 9.69 Å². The van der Waals surface area contributed by atoms with E-state index in [2.05, 4.69) is 4.90 Å². The number of hydrogen-bond donors (Lipinski definition) is 2. The van der Waals surface area contributed by atoms with Gasteiger partial charge >= 0.3 is 5.97 Å². The zero-order valence-electron chi connectivity index (χ0n) is 12.3. The van der Waals surface area contributed by atoms with Crippen molar-refractivity contribution in [1.29, 1.82) is 0 Å². The molecule has 5 nitrogen and oxygen atoms in total. The molecule has 1 saturated heterocycles. The van der Waals surface area contributed by atoms with Crippen LogP contribution < -0.4 is 10.6 Å². The molecule has 21 heavy (non-hydrogen) atoms. The summed E-state index contributed by atoms with van der Waals surface area (Å²) in [6, 6.07) is 6.77. The molecule has 2 rings (SSSR count). The second-order valence-corrected chi connectivity index (χ2v) is 5.75. The first-order valence-electron chi connectivity index (χ1n) is 7.14. The highest BCUT2D eigenvalue weighted by Crippen LogP contribution is 2.20. The summed E-state index contributed by atoms with van der Waals surface area (Å²) in [5, 5.41) is 9.00. The van der Waals surface area contributed by atoms with Crippen LogP contribution in [0.1, 0.15) is 13.3 Å². The molecule has 1 atom stereocenters. The quantitative estimate of drug-likeness (QED) is 0.852. The van der Waals surface area contributed by atoms with E-state index in [1.807, 2.05) is 11.0 Å². The molecule has 0 aromatic heterocycles. The first-order chi connectivity index (χ1) is 9.90. The number of piperazine rings is 1. The van der Waals surface area contributed by atoms with Gasteiger partial charge in [-0.1, -0.05) is 12.1 Å². The van der Waals surface area contributed by atoms with Gasteiger partial charge in [0.2, 0.25) is 0 Å². The number of carboxylic acid groups (broad SMARTS) is 1. The third-order valence-electron chi connectivity index (χ3n) is 4.00. The van der Waals surface area contributed by atoms with Crippen LogP contribution in [0.2, 0.25) is 0 Å². The van der Waals surface area contributed by atoms with E-state index < -0.39 is 11.5 Å². The largest absolute Gasteiger partial charge is 0.480 e. The summed E-state index contributed by atoms with van der Waals surface area (Å²) in [5.41, 5.74) is 5.17. The Labute approximate surface area is 124 Å². The van der Waals surface area contributed by atoms with E-state index in [1.165, 1.54) is 13.0 Å². The minimum Gasteiger partial charge on any atom is -0.480 e. The number of halogens is 1. The average Bonchev–Trinajstić information content (AvgIpc) is 2.46. The number of hydrogen-bond acceptors (Lipinski definition) is 4. The third-order valence-corrected chi connectivity index (χ3v) is 4.00. The Kier molecular flexibility index (Phi) is 4.80. The average molecular weight is 295 g/mol. The fourth-order valence-corrected chi connectivity index (χ4v) is 2.42. The van der Waals surface area contributed by atoms with Crippen molar-refractivity contribution in [3.63, 3.8) is 0 Å². The number of para-hydroxylation sites is 1. The highest BCUT2D eigenvalue weighted by Gasteiger charge is 2.29. The zero-order valence-corrected chi connectivity index (χ0v) is 12.3. The molecule has 0 bridgehead atoms. The van der Waals surface area contributed by atoms with Crippen LogP contribution in [-0.4, -0.2) is 54.2 Å². The zero-order chi connectivity index (χ0) is 15.5. The van der Waals surface area contributed by atoms with Gasteiger partial charge < -0.3 is 15.7 Å². The van der Waals surface area contributed by atoms with Gasteiger partial charge in [0, 0.05) is 32.7 Å². The van der Waals surface area contributed by atoms with Crippen molar-refractivity contribution < 1.29 is 14.3 Å². The minimum absolute atomic E-state index is 0.202. The lowest BCUT2D eigenvalue weighted by Gasteiger charge is -2.37. The first-order valence-corrected chi connectivity index (χ1v) is 7.14. The van der Waals surface area contributed by atoms with E-state index >= 15 is 0 Å². The van der Waals surface area contributed by atoms with Crippen molar-refractivity contribution in [3.05, 3.63) is 30.1 Å². The van der Waals surface area contributed by atoms with E-state index in [9.17, 15) is 9.18 Å². The number of benzene rings is 1. The van der Waals surface area contributed by atoms with E-state index in [0.717, 1.165) is 26.2 Å². The molecule has 1 fully saturated rings. The Morgan fingerprint density at radius 3 is 2.52 bits per heavy atom. The van der Waals surface area contributed by atoms with Gasteiger partial charge in [0.15, 0.2) is 0 Å². The van der Waals surface area contributed by atoms with Crippen molar-refractivity contribution in [2.45, 2.75) is 18.9 Å². The molecule has 1 aromatic rings. The number of rotatable bonds is 5. The standard InChI is InChI=1S/C15H22FN3O2/c1-15(17,14(20)21)6-7-18-8-10-19(11-9-18)13-5-3-2-4-12(13)16/h2-5H,6-11,17H2,1H3,(H,20,21). The lowest BCUT2D eigenvalue weighted by molar-refractivity contribution is -0.143. The summed E-state index contributed by atoms with van der Waals surface area (Å²) < 4.78 is 13.7. The first kappa shape index (κ1) is 15.7. The molecule has 0 spiro atoms. The molecule has 1 aliphatic heterocycles. The summed E-state index contributed by atoms with van der Waals surface area (Å²) >= 11 is 0. The van der Waals surface area contributed by atoms with E-state index in [4.69, 9.17) is 10.8 Å². The van der Waals surface area contributed by atoms with Gasteiger partial charge in [-0.05, 0) is 25.5 Å². The molecule has 0 aliphatic carbocycles. The third kappa shape index (κ3) is 3.92. The summed E-state index contributed by atoms with van der Waals surface area (Å²) in [6.07, 6.45) is 0.405. The van der Waals surface area contributed by atoms with Crippen LogP contribution in [0.25, 0.3) is 0 Å². The molecule has 0 amide bonds. The van der Waals surface area contributed by atoms with Crippen molar-refractivity contribution >= 4 is 11.7 Å². The molecular formula is C15H22FN3O2. The van der Waals surface area contributed by atoms with Crippen LogP contribution in [0.3, 0.4) is 0 Å². The maximum Gasteiger partial charge on any atom is 0.323 e. The van der Waals surface area contributed by atoms with Crippen molar-refractivity contribution in [1.82, 2.24) is 4.90 Å². The van der Waals surface area contributed by atoms with Crippen molar-refractivity contribution in [3.8, 4) is 0 Å². The second-order valence-electron chi connectivity index (χ2n) is 5.75. The smallest absolute Gasteiger partial charge is 0.323 e. The Balaban J connectivity index is 1.84. The fourth-order valence-electron chi connectivity index (χ4n) is 2.42. The molecule has 0 radical (unpaired) electrons. The number of carbonyl (C=O) groups is 1. The normalized spacial score (nSPS) is 19.3. The molecular weight excluding hydrogens is 273 g/mol. The summed E-state index contributed by atoms with van der Waals surface area (Å²) in [5.74, 6) is -1.18. The number of nitrogens with zero attached hydrogens (tertiary/aromatic N) is 2. The van der Waals surface area contributed by atoms with Gasteiger partial charge in [-0.2, -0.15) is 0 Å². The predicted molar refractivity (Wildman–Crippen MR) is 79.9 cm³/mol. The maximum atomic E-state index is 13.7. The second kappa shape index (κ2) is 6.41. The fraction of sp³-hybridized carbons (Fsp3) is 0.533. The van der Waals surface area contributed by atoms with Crippen LogP contribution in [-0.2, 0) is 4.79 Å². The summed E-state index contributed by atoms with van der Waals surface area (Å²) in [6.45, 7) is 5.20. The molecule has 6 heteroatoms. The monoisotopic (exact) mass is 295 g/mol. The van der Waals surface area contributed by atoms with Gasteiger partial charge in [0.05, 0.1) is 5.69 Å². The van der Waals surface area contributed by atoms with Gasteiger partial charge in [0.25, 0.3) is 0 Å². The van der Waals surface area contributed by atoms with Crippen LogP contribution in [0.15, 0.2) is 24.3 Å². The Morgan fingerprint density at radius 2 is 1.95 bits per heavy atom. The number of anilines is 1. The lowest BCUT2D eigenvalue weighted by atomic mass is 9.99.